The Bertz CT molecular complexity index is 742. The highest BCUT2D eigenvalue weighted by Gasteiger charge is 2.02. The molecule has 3 nitrogen and oxygen atoms in total. The van der Waals surface area contributed by atoms with Crippen LogP contribution in [0.15, 0.2) is 66.3 Å². The van der Waals surface area contributed by atoms with E-state index in [1.807, 2.05) is 46.6 Å². The molecule has 104 valence electrons. The van der Waals surface area contributed by atoms with Crippen LogP contribution in [0, 0.1) is 0 Å². The van der Waals surface area contributed by atoms with Crippen LogP contribution in [0.1, 0.15) is 20.8 Å². The Balaban J connectivity index is 1.66. The van der Waals surface area contributed by atoms with Crippen LogP contribution < -0.4 is 0 Å². The molecule has 2 aromatic heterocycles. The topological polar surface area (TPSA) is 34.9 Å². The largest absolute Gasteiger partial charge is 0.288 e. The molecular formula is C17H14N2OS. The number of carbonyl (C=O) groups is 1. The number of ketones is 1. The fourth-order valence-corrected chi connectivity index (χ4v) is 2.64. The molecule has 0 aliphatic rings. The molecule has 0 N–H and O–H groups in total. The van der Waals surface area contributed by atoms with Crippen LogP contribution in [-0.4, -0.2) is 15.6 Å². The van der Waals surface area contributed by atoms with Gasteiger partial charge in [0.25, 0.3) is 0 Å². The molecule has 0 fully saturated rings. The number of benzene rings is 1. The molecule has 0 saturated carbocycles. The summed E-state index contributed by atoms with van der Waals surface area (Å²) in [6.07, 6.45) is 7.10. The molecule has 21 heavy (non-hydrogen) atoms. The second-order valence-electron chi connectivity index (χ2n) is 4.63. The van der Waals surface area contributed by atoms with E-state index in [4.69, 9.17) is 0 Å². The van der Waals surface area contributed by atoms with E-state index in [-0.39, 0.29) is 5.78 Å². The number of hydrogen-bond donors (Lipinski definition) is 0. The lowest BCUT2D eigenvalue weighted by molar-refractivity contribution is 0.105. The van der Waals surface area contributed by atoms with Crippen LogP contribution in [0.2, 0.25) is 0 Å². The second kappa shape index (κ2) is 6.33. The van der Waals surface area contributed by atoms with Gasteiger partial charge in [0.15, 0.2) is 5.78 Å². The van der Waals surface area contributed by atoms with Crippen LogP contribution in [0.3, 0.4) is 0 Å². The quantitative estimate of drug-likeness (QED) is 0.528. The first-order valence-corrected chi connectivity index (χ1v) is 7.51. The zero-order valence-electron chi connectivity index (χ0n) is 11.3. The zero-order chi connectivity index (χ0) is 14.5. The van der Waals surface area contributed by atoms with Gasteiger partial charge in [-0.15, -0.1) is 11.3 Å². The average molecular weight is 294 g/mol. The van der Waals surface area contributed by atoms with Gasteiger partial charge in [0, 0.05) is 11.8 Å². The summed E-state index contributed by atoms with van der Waals surface area (Å²) in [6, 6.07) is 13.9. The van der Waals surface area contributed by atoms with Crippen molar-refractivity contribution in [3.63, 3.8) is 0 Å². The van der Waals surface area contributed by atoms with Gasteiger partial charge in [-0.05, 0) is 29.2 Å². The van der Waals surface area contributed by atoms with Crippen molar-refractivity contribution in [2.45, 2.75) is 6.54 Å². The van der Waals surface area contributed by atoms with Gasteiger partial charge in [-0.1, -0.05) is 36.4 Å². The van der Waals surface area contributed by atoms with Crippen molar-refractivity contribution in [1.82, 2.24) is 9.78 Å². The number of carbonyl (C=O) groups excluding carboxylic acids is 1. The first kappa shape index (κ1) is 13.5. The number of hydrogen-bond acceptors (Lipinski definition) is 3. The number of rotatable bonds is 5. The second-order valence-corrected chi connectivity index (χ2v) is 5.58. The van der Waals surface area contributed by atoms with Crippen LogP contribution in [-0.2, 0) is 6.54 Å². The van der Waals surface area contributed by atoms with Crippen molar-refractivity contribution in [2.24, 2.45) is 0 Å². The van der Waals surface area contributed by atoms with Gasteiger partial charge < -0.3 is 0 Å². The fraction of sp³-hybridized carbons (Fsp3) is 0.0588. The van der Waals surface area contributed by atoms with Gasteiger partial charge in [-0.3, -0.25) is 9.48 Å². The molecule has 0 spiro atoms. The Morgan fingerprint density at radius 1 is 1.19 bits per heavy atom. The predicted molar refractivity (Wildman–Crippen MR) is 85.5 cm³/mol. The maximum Gasteiger partial charge on any atom is 0.195 e. The van der Waals surface area contributed by atoms with Crippen molar-refractivity contribution in [2.75, 3.05) is 0 Å². The molecule has 0 atom stereocenters. The molecule has 0 saturated heterocycles. The Morgan fingerprint density at radius 2 is 2.05 bits per heavy atom. The maximum atomic E-state index is 11.9. The van der Waals surface area contributed by atoms with E-state index in [2.05, 4.69) is 17.2 Å². The Labute approximate surface area is 127 Å². The van der Waals surface area contributed by atoms with E-state index in [9.17, 15) is 4.79 Å². The molecule has 3 rings (SSSR count). The standard InChI is InChI=1S/C17H14N2OS/c20-16(17-7-4-10-21-17)9-8-15-11-18-19(13-15)12-14-5-2-1-3-6-14/h1-11,13H,12H2. The number of nitrogens with zero attached hydrogens (tertiary/aromatic N) is 2. The molecule has 0 radical (unpaired) electrons. The minimum atomic E-state index is 0.0285. The summed E-state index contributed by atoms with van der Waals surface area (Å²) in [6.45, 7) is 0.730. The predicted octanol–water partition coefficient (Wildman–Crippen LogP) is 3.89. The molecule has 0 aliphatic carbocycles. The summed E-state index contributed by atoms with van der Waals surface area (Å²) in [5.74, 6) is 0.0285. The van der Waals surface area contributed by atoms with Crippen LogP contribution in [0.5, 0.6) is 0 Å². The molecule has 0 amide bonds. The van der Waals surface area contributed by atoms with Gasteiger partial charge >= 0.3 is 0 Å². The fourth-order valence-electron chi connectivity index (χ4n) is 2.00. The zero-order valence-corrected chi connectivity index (χ0v) is 12.2. The first-order chi connectivity index (χ1) is 10.3. The Morgan fingerprint density at radius 3 is 2.81 bits per heavy atom. The first-order valence-electron chi connectivity index (χ1n) is 6.63. The molecule has 3 aromatic rings. The number of allylic oxidation sites excluding steroid dienone is 1. The molecule has 2 heterocycles. The molecule has 0 bridgehead atoms. The third-order valence-electron chi connectivity index (χ3n) is 3.03. The van der Waals surface area contributed by atoms with Crippen molar-refractivity contribution in [3.8, 4) is 0 Å². The average Bonchev–Trinajstić information content (AvgIpc) is 3.17. The van der Waals surface area contributed by atoms with Gasteiger partial charge in [0.2, 0.25) is 0 Å². The SMILES string of the molecule is O=C(C=Cc1cnn(Cc2ccccc2)c1)c1cccs1. The summed E-state index contributed by atoms with van der Waals surface area (Å²) in [5.41, 5.74) is 2.13. The normalized spacial score (nSPS) is 11.0. The van der Waals surface area contributed by atoms with Gasteiger partial charge in [0.1, 0.15) is 0 Å². The third-order valence-corrected chi connectivity index (χ3v) is 3.92. The highest BCUT2D eigenvalue weighted by molar-refractivity contribution is 7.12. The number of thiophene rings is 1. The van der Waals surface area contributed by atoms with Crippen LogP contribution >= 0.6 is 11.3 Å². The maximum absolute atomic E-state index is 11.9. The van der Waals surface area contributed by atoms with Crippen molar-refractivity contribution < 1.29 is 4.79 Å². The van der Waals surface area contributed by atoms with Gasteiger partial charge in [-0.2, -0.15) is 5.10 Å². The summed E-state index contributed by atoms with van der Waals surface area (Å²) < 4.78 is 1.87. The number of aromatic nitrogens is 2. The van der Waals surface area contributed by atoms with Crippen LogP contribution in [0.25, 0.3) is 6.08 Å². The summed E-state index contributed by atoms with van der Waals surface area (Å²) in [5, 5.41) is 6.21. The van der Waals surface area contributed by atoms with E-state index in [0.717, 1.165) is 17.0 Å². The highest BCUT2D eigenvalue weighted by Crippen LogP contribution is 2.11. The van der Waals surface area contributed by atoms with E-state index < -0.39 is 0 Å². The van der Waals surface area contributed by atoms with E-state index >= 15 is 0 Å². The van der Waals surface area contributed by atoms with E-state index in [1.54, 1.807) is 18.3 Å². The van der Waals surface area contributed by atoms with Crippen LogP contribution in [0.4, 0.5) is 0 Å². The van der Waals surface area contributed by atoms with Crippen molar-refractivity contribution in [3.05, 3.63) is 82.3 Å². The smallest absolute Gasteiger partial charge is 0.195 e. The lowest BCUT2D eigenvalue weighted by atomic mass is 10.2. The van der Waals surface area contributed by atoms with Crippen molar-refractivity contribution >= 4 is 23.2 Å². The Hall–Kier alpha value is -2.46. The van der Waals surface area contributed by atoms with E-state index in [0.29, 0.717) is 0 Å². The summed E-state index contributed by atoms with van der Waals surface area (Å²) in [4.78, 5) is 12.6. The van der Waals surface area contributed by atoms with E-state index in [1.165, 1.54) is 16.9 Å². The summed E-state index contributed by atoms with van der Waals surface area (Å²) >= 11 is 1.45. The molecular weight excluding hydrogens is 280 g/mol. The lowest BCUT2D eigenvalue weighted by Gasteiger charge is -2.00. The third kappa shape index (κ3) is 3.55. The molecule has 0 unspecified atom stereocenters. The Kier molecular flexibility index (Phi) is 4.07. The minimum absolute atomic E-state index is 0.0285. The molecule has 4 heteroatoms. The van der Waals surface area contributed by atoms with Gasteiger partial charge in [-0.25, -0.2) is 0 Å². The van der Waals surface area contributed by atoms with Gasteiger partial charge in [0.05, 0.1) is 17.6 Å². The molecule has 0 aliphatic heterocycles. The molecule has 1 aromatic carbocycles. The van der Waals surface area contributed by atoms with Crippen molar-refractivity contribution in [1.29, 1.82) is 0 Å². The highest BCUT2D eigenvalue weighted by atomic mass is 32.1. The minimum Gasteiger partial charge on any atom is -0.288 e. The monoisotopic (exact) mass is 294 g/mol. The summed E-state index contributed by atoms with van der Waals surface area (Å²) in [7, 11) is 0. The lowest BCUT2D eigenvalue weighted by Crippen LogP contribution is -1.99.